The summed E-state index contributed by atoms with van der Waals surface area (Å²) in [6.07, 6.45) is 0. The van der Waals surface area contributed by atoms with Crippen molar-refractivity contribution < 1.29 is 19.1 Å². The van der Waals surface area contributed by atoms with Gasteiger partial charge in [-0.3, -0.25) is 20.4 Å². The Morgan fingerprint density at radius 2 is 1.57 bits per heavy atom. The third-order valence-electron chi connectivity index (χ3n) is 3.95. The number of hydrazine groups is 1. The van der Waals surface area contributed by atoms with Crippen molar-refractivity contribution in [3.63, 3.8) is 0 Å². The van der Waals surface area contributed by atoms with E-state index in [1.807, 2.05) is 43.3 Å². The normalized spacial score (nSPS) is 10.4. The third kappa shape index (κ3) is 5.14. The molecule has 7 heteroatoms. The summed E-state index contributed by atoms with van der Waals surface area (Å²) in [7, 11) is 0. The highest BCUT2D eigenvalue weighted by atomic mass is 35.5. The number of fused-ring (bicyclic) bond motifs is 1. The monoisotopic (exact) mass is 398 g/mol. The van der Waals surface area contributed by atoms with Crippen molar-refractivity contribution in [3.8, 4) is 11.5 Å². The van der Waals surface area contributed by atoms with Gasteiger partial charge in [-0.15, -0.1) is 0 Å². The van der Waals surface area contributed by atoms with Gasteiger partial charge in [0, 0.05) is 10.4 Å². The van der Waals surface area contributed by atoms with Crippen molar-refractivity contribution in [1.29, 1.82) is 0 Å². The Labute approximate surface area is 167 Å². The second kappa shape index (κ2) is 9.10. The summed E-state index contributed by atoms with van der Waals surface area (Å²) in [6, 6.07) is 18.4. The van der Waals surface area contributed by atoms with Crippen molar-refractivity contribution in [2.45, 2.75) is 6.92 Å². The number of hydrogen-bond acceptors (Lipinski definition) is 4. The summed E-state index contributed by atoms with van der Waals surface area (Å²) >= 11 is 5.94. The van der Waals surface area contributed by atoms with Crippen LogP contribution in [0.2, 0.25) is 5.02 Å². The predicted molar refractivity (Wildman–Crippen MR) is 107 cm³/mol. The van der Waals surface area contributed by atoms with Crippen LogP contribution in [0, 0.1) is 6.92 Å². The van der Waals surface area contributed by atoms with Gasteiger partial charge in [0.2, 0.25) is 0 Å². The second-order valence-electron chi connectivity index (χ2n) is 6.06. The smallest absolute Gasteiger partial charge is 0.276 e. The van der Waals surface area contributed by atoms with Gasteiger partial charge >= 0.3 is 0 Å². The first kappa shape index (κ1) is 19.5. The highest BCUT2D eigenvalue weighted by molar-refractivity contribution is 6.31. The molecule has 0 bridgehead atoms. The first-order valence-corrected chi connectivity index (χ1v) is 8.98. The number of halogens is 1. The van der Waals surface area contributed by atoms with Gasteiger partial charge in [0.05, 0.1) is 0 Å². The van der Waals surface area contributed by atoms with Crippen LogP contribution >= 0.6 is 11.6 Å². The molecule has 28 heavy (non-hydrogen) atoms. The summed E-state index contributed by atoms with van der Waals surface area (Å²) in [4.78, 5) is 23.7. The molecule has 0 unspecified atom stereocenters. The number of amides is 2. The van der Waals surface area contributed by atoms with Gasteiger partial charge in [-0.1, -0.05) is 48.0 Å². The lowest BCUT2D eigenvalue weighted by molar-refractivity contribution is -0.130. The maximum Gasteiger partial charge on any atom is 0.276 e. The summed E-state index contributed by atoms with van der Waals surface area (Å²) in [5, 5.41) is 2.55. The quantitative estimate of drug-likeness (QED) is 0.624. The maximum absolute atomic E-state index is 11.9. The number of ether oxygens (including phenoxy) is 2. The summed E-state index contributed by atoms with van der Waals surface area (Å²) in [5.41, 5.74) is 5.42. The minimum atomic E-state index is -0.494. The highest BCUT2D eigenvalue weighted by Gasteiger charge is 2.08. The first-order valence-electron chi connectivity index (χ1n) is 8.60. The molecular formula is C21H19ClN2O4. The maximum atomic E-state index is 11.9. The molecule has 0 spiro atoms. The molecule has 2 N–H and O–H groups in total. The van der Waals surface area contributed by atoms with E-state index in [2.05, 4.69) is 10.9 Å². The van der Waals surface area contributed by atoms with E-state index in [1.165, 1.54) is 0 Å². The molecule has 0 heterocycles. The molecule has 6 nitrogen and oxygen atoms in total. The zero-order valence-electron chi connectivity index (χ0n) is 15.2. The van der Waals surface area contributed by atoms with Gasteiger partial charge in [-0.05, 0) is 42.1 Å². The molecule has 0 aliphatic heterocycles. The number of hydrogen-bond donors (Lipinski definition) is 2. The lowest BCUT2D eigenvalue weighted by atomic mass is 10.1. The van der Waals surface area contributed by atoms with E-state index in [9.17, 15) is 9.59 Å². The van der Waals surface area contributed by atoms with Crippen LogP contribution < -0.4 is 20.3 Å². The van der Waals surface area contributed by atoms with Crippen LogP contribution in [0.5, 0.6) is 11.5 Å². The minimum Gasteiger partial charge on any atom is -0.484 e. The molecule has 0 radical (unpaired) electrons. The number of aryl methyl sites for hydroxylation is 1. The number of rotatable bonds is 6. The summed E-state index contributed by atoms with van der Waals surface area (Å²) in [5.74, 6) is 0.137. The van der Waals surface area contributed by atoms with Crippen molar-refractivity contribution in [2.75, 3.05) is 13.2 Å². The summed E-state index contributed by atoms with van der Waals surface area (Å²) in [6.45, 7) is 1.36. The molecule has 3 aromatic rings. The van der Waals surface area contributed by atoms with Crippen LogP contribution in [0.15, 0.2) is 60.7 Å². The van der Waals surface area contributed by atoms with Crippen LogP contribution in [0.1, 0.15) is 5.56 Å². The molecule has 0 aliphatic carbocycles. The SMILES string of the molecule is Cc1cc(OCC(=O)NNC(=O)COc2cccc3ccccc23)ccc1Cl. The van der Waals surface area contributed by atoms with Crippen LogP contribution in [0.4, 0.5) is 0 Å². The fourth-order valence-electron chi connectivity index (χ4n) is 2.53. The number of benzene rings is 3. The van der Waals surface area contributed by atoms with Crippen LogP contribution in [-0.2, 0) is 9.59 Å². The van der Waals surface area contributed by atoms with Crippen molar-refractivity contribution in [1.82, 2.24) is 10.9 Å². The van der Waals surface area contributed by atoms with E-state index in [-0.39, 0.29) is 13.2 Å². The number of carbonyl (C=O) groups is 2. The molecular weight excluding hydrogens is 380 g/mol. The molecule has 2 amide bonds. The molecule has 0 aromatic heterocycles. The molecule has 0 atom stereocenters. The van der Waals surface area contributed by atoms with E-state index in [0.717, 1.165) is 16.3 Å². The largest absolute Gasteiger partial charge is 0.484 e. The average molecular weight is 399 g/mol. The van der Waals surface area contributed by atoms with Crippen molar-refractivity contribution >= 4 is 34.2 Å². The standard InChI is InChI=1S/C21H19ClN2O4/c1-14-11-16(9-10-18(14)22)27-12-20(25)23-24-21(26)13-28-19-8-4-6-15-5-2-3-7-17(15)19/h2-11H,12-13H2,1H3,(H,23,25)(H,24,26). The first-order chi connectivity index (χ1) is 13.5. The molecule has 144 valence electrons. The molecule has 0 saturated carbocycles. The van der Waals surface area contributed by atoms with Gasteiger partial charge in [0.15, 0.2) is 13.2 Å². The van der Waals surface area contributed by atoms with Crippen LogP contribution in [0.3, 0.4) is 0 Å². The van der Waals surface area contributed by atoms with Gasteiger partial charge in [0.25, 0.3) is 11.8 Å². The average Bonchev–Trinajstić information content (AvgIpc) is 2.71. The van der Waals surface area contributed by atoms with Gasteiger partial charge in [0.1, 0.15) is 11.5 Å². The third-order valence-corrected chi connectivity index (χ3v) is 4.37. The zero-order valence-corrected chi connectivity index (χ0v) is 16.0. The fraction of sp³-hybridized carbons (Fsp3) is 0.143. The topological polar surface area (TPSA) is 76.7 Å². The number of carbonyl (C=O) groups excluding carboxylic acids is 2. The Balaban J connectivity index is 1.43. The Kier molecular flexibility index (Phi) is 6.34. The fourth-order valence-corrected chi connectivity index (χ4v) is 2.65. The molecule has 0 aliphatic rings. The Morgan fingerprint density at radius 1 is 0.893 bits per heavy atom. The van der Waals surface area contributed by atoms with Gasteiger partial charge in [-0.2, -0.15) is 0 Å². The highest BCUT2D eigenvalue weighted by Crippen LogP contribution is 2.25. The van der Waals surface area contributed by atoms with E-state index >= 15 is 0 Å². The van der Waals surface area contributed by atoms with Crippen molar-refractivity contribution in [3.05, 3.63) is 71.2 Å². The van der Waals surface area contributed by atoms with Crippen LogP contribution in [0.25, 0.3) is 10.8 Å². The lowest BCUT2D eigenvalue weighted by Gasteiger charge is -2.11. The number of nitrogens with one attached hydrogen (secondary N) is 2. The Bertz CT molecular complexity index is 1000. The summed E-state index contributed by atoms with van der Waals surface area (Å²) < 4.78 is 10.9. The van der Waals surface area contributed by atoms with E-state index in [4.69, 9.17) is 21.1 Å². The van der Waals surface area contributed by atoms with Crippen molar-refractivity contribution in [2.24, 2.45) is 0 Å². The Morgan fingerprint density at radius 3 is 2.32 bits per heavy atom. The van der Waals surface area contributed by atoms with E-state index < -0.39 is 11.8 Å². The predicted octanol–water partition coefficient (Wildman–Crippen LogP) is 3.41. The molecule has 0 saturated heterocycles. The minimum absolute atomic E-state index is 0.231. The zero-order chi connectivity index (χ0) is 19.9. The molecule has 3 aromatic carbocycles. The van der Waals surface area contributed by atoms with Gasteiger partial charge in [-0.25, -0.2) is 0 Å². The molecule has 0 fully saturated rings. The Hall–Kier alpha value is -3.25. The van der Waals surface area contributed by atoms with Crippen LogP contribution in [-0.4, -0.2) is 25.0 Å². The van der Waals surface area contributed by atoms with Gasteiger partial charge < -0.3 is 9.47 Å². The second-order valence-corrected chi connectivity index (χ2v) is 6.47. The molecule has 3 rings (SSSR count). The van der Waals surface area contributed by atoms with E-state index in [0.29, 0.717) is 16.5 Å². The lowest BCUT2D eigenvalue weighted by Crippen LogP contribution is -2.45. The van der Waals surface area contributed by atoms with E-state index in [1.54, 1.807) is 24.3 Å².